The molecule has 0 radical (unpaired) electrons. The summed E-state index contributed by atoms with van der Waals surface area (Å²) in [6.07, 6.45) is 2.08. The Bertz CT molecular complexity index is 1460. The number of nitrogens with zero attached hydrogens (tertiary/aromatic N) is 4. The Balaban J connectivity index is 1.21. The van der Waals surface area contributed by atoms with Crippen LogP contribution in [-0.2, 0) is 0 Å². The van der Waals surface area contributed by atoms with Crippen LogP contribution < -0.4 is 29.8 Å². The minimum atomic E-state index is -0.854. The van der Waals surface area contributed by atoms with Crippen molar-refractivity contribution < 1.29 is 42.8 Å². The van der Waals surface area contributed by atoms with Crippen molar-refractivity contribution in [3.63, 3.8) is 0 Å². The highest BCUT2D eigenvalue weighted by Gasteiger charge is 2.24. The molecule has 0 atom stereocenters. The van der Waals surface area contributed by atoms with Gasteiger partial charge in [0.2, 0.25) is 13.6 Å². The van der Waals surface area contributed by atoms with E-state index in [9.17, 15) is 29.8 Å². The molecule has 3 aromatic rings. The van der Waals surface area contributed by atoms with Gasteiger partial charge in [-0.25, -0.2) is 10.9 Å². The van der Waals surface area contributed by atoms with E-state index >= 15 is 0 Å². The lowest BCUT2D eigenvalue weighted by Gasteiger charge is -2.01. The van der Waals surface area contributed by atoms with Crippen molar-refractivity contribution in [1.29, 1.82) is 0 Å². The topological polar surface area (TPSA) is 219 Å². The van der Waals surface area contributed by atoms with Crippen LogP contribution in [0.25, 0.3) is 0 Å². The number of fused-ring (bicyclic) bond motifs is 2. The molecular weight excluding hydrogens is 524 g/mol. The molecule has 2 amide bonds. The number of carbonyl (C=O) groups is 2. The Kier molecular flexibility index (Phi) is 6.43. The second-order valence-corrected chi connectivity index (χ2v) is 7.60. The lowest BCUT2D eigenvalue weighted by Crippen LogP contribution is -2.18. The number of nitro benzene ring substituents is 2. The Hall–Kier alpha value is -6.00. The number of rotatable bonds is 8. The lowest BCUT2D eigenvalue weighted by molar-refractivity contribution is -0.385. The first-order valence-electron chi connectivity index (χ1n) is 10.7. The van der Waals surface area contributed by atoms with Crippen LogP contribution in [0, 0.1) is 20.2 Å². The molecule has 2 aliphatic heterocycles. The molecule has 0 aliphatic carbocycles. The Morgan fingerprint density at radius 3 is 1.49 bits per heavy atom. The van der Waals surface area contributed by atoms with E-state index in [0.717, 1.165) is 12.4 Å². The summed E-state index contributed by atoms with van der Waals surface area (Å²) in [5.74, 6) is -1.32. The van der Waals surface area contributed by atoms with Crippen molar-refractivity contribution in [2.75, 3.05) is 13.6 Å². The smallest absolute Gasteiger partial charge is 0.307 e. The Labute approximate surface area is 215 Å². The number of ether oxygens (including phenoxy) is 4. The van der Waals surface area contributed by atoms with Gasteiger partial charge < -0.3 is 23.4 Å². The van der Waals surface area contributed by atoms with Gasteiger partial charge in [-0.05, 0) is 24.3 Å². The third-order valence-corrected chi connectivity index (χ3v) is 5.23. The Morgan fingerprint density at radius 1 is 0.718 bits per heavy atom. The van der Waals surface area contributed by atoms with E-state index in [1.54, 1.807) is 0 Å². The van der Waals surface area contributed by atoms with E-state index in [-0.39, 0.29) is 70.6 Å². The minimum absolute atomic E-state index is 0.0459. The zero-order chi connectivity index (χ0) is 27.5. The van der Waals surface area contributed by atoms with Crippen LogP contribution in [0.5, 0.6) is 23.0 Å². The summed E-state index contributed by atoms with van der Waals surface area (Å²) in [6, 6.07) is 7.41. The van der Waals surface area contributed by atoms with Crippen LogP contribution in [0.1, 0.15) is 32.2 Å². The molecule has 0 fully saturated rings. The van der Waals surface area contributed by atoms with Crippen LogP contribution in [0.2, 0.25) is 0 Å². The van der Waals surface area contributed by atoms with E-state index in [4.69, 9.17) is 23.4 Å². The monoisotopic (exact) mass is 538 g/mol. The SMILES string of the molecule is O=C(N/N=C\c1cc2c(cc1[N+](=O)[O-])OCO2)c1ccc(C(=O)N/N=C\c2cc3c(cc2[N+](=O)[O-])OCO3)o1. The van der Waals surface area contributed by atoms with Crippen LogP contribution in [-0.4, -0.2) is 47.7 Å². The summed E-state index contributed by atoms with van der Waals surface area (Å²) in [6.45, 7) is -0.163. The molecular formula is C22H14N6O11. The fourth-order valence-electron chi connectivity index (χ4n) is 3.43. The van der Waals surface area contributed by atoms with Crippen LogP contribution in [0.4, 0.5) is 11.4 Å². The highest BCUT2D eigenvalue weighted by molar-refractivity contribution is 5.97. The molecule has 0 unspecified atom stereocenters. The molecule has 17 nitrogen and oxygen atoms in total. The van der Waals surface area contributed by atoms with E-state index < -0.39 is 21.7 Å². The van der Waals surface area contributed by atoms with Gasteiger partial charge in [0.15, 0.2) is 34.5 Å². The van der Waals surface area contributed by atoms with Gasteiger partial charge in [-0.2, -0.15) is 10.2 Å². The molecule has 5 rings (SSSR count). The molecule has 1 aromatic heterocycles. The molecule has 198 valence electrons. The van der Waals surface area contributed by atoms with Gasteiger partial charge in [-0.15, -0.1) is 0 Å². The van der Waals surface area contributed by atoms with E-state index in [0.29, 0.717) is 0 Å². The fraction of sp³-hybridized carbons (Fsp3) is 0.0909. The molecule has 2 aliphatic rings. The third kappa shape index (κ3) is 5.12. The molecule has 0 spiro atoms. The quantitative estimate of drug-likeness (QED) is 0.240. The van der Waals surface area contributed by atoms with Crippen molar-refractivity contribution in [2.24, 2.45) is 10.2 Å². The maximum absolute atomic E-state index is 12.3. The molecule has 0 saturated heterocycles. The molecule has 0 saturated carbocycles. The van der Waals surface area contributed by atoms with Gasteiger partial charge in [-0.1, -0.05) is 0 Å². The van der Waals surface area contributed by atoms with Crippen LogP contribution in [0.15, 0.2) is 51.0 Å². The molecule has 17 heteroatoms. The summed E-state index contributed by atoms with van der Waals surface area (Å²) in [7, 11) is 0. The standard InChI is InChI=1S/C22H14N6O11/c29-21(25-23-7-11-3-17-19(37-9-35-17)5-13(11)27(31)32)15-1-2-16(39-15)22(30)26-24-8-12-4-18-20(38-10-36-18)6-14(12)28(33)34/h1-8H,9-10H2,(H,25,29)(H,26,30)/b23-7-,24-8-. The minimum Gasteiger partial charge on any atom is -0.454 e. The van der Waals surface area contributed by atoms with Gasteiger partial charge >= 0.3 is 11.8 Å². The second kappa shape index (κ2) is 10.2. The third-order valence-electron chi connectivity index (χ3n) is 5.23. The summed E-state index contributed by atoms with van der Waals surface area (Å²) in [4.78, 5) is 46.0. The maximum atomic E-state index is 12.3. The Morgan fingerprint density at radius 2 is 1.10 bits per heavy atom. The van der Waals surface area contributed by atoms with Crippen molar-refractivity contribution in [3.05, 3.63) is 79.3 Å². The summed E-state index contributed by atoms with van der Waals surface area (Å²) in [5.41, 5.74) is 3.72. The molecule has 3 heterocycles. The van der Waals surface area contributed by atoms with Crippen LogP contribution in [0.3, 0.4) is 0 Å². The van der Waals surface area contributed by atoms with E-state index in [1.165, 1.54) is 36.4 Å². The average Bonchev–Trinajstić information content (AvgIpc) is 3.67. The van der Waals surface area contributed by atoms with Gasteiger partial charge in [0.05, 0.1) is 45.5 Å². The number of carbonyl (C=O) groups excluding carboxylic acids is 2. The zero-order valence-corrected chi connectivity index (χ0v) is 19.3. The van der Waals surface area contributed by atoms with Crippen molar-refractivity contribution >= 4 is 35.6 Å². The number of amides is 2. The molecule has 2 aromatic carbocycles. The highest BCUT2D eigenvalue weighted by atomic mass is 16.7. The molecule has 0 bridgehead atoms. The fourth-order valence-corrected chi connectivity index (χ4v) is 3.43. The normalized spacial score (nSPS) is 13.1. The van der Waals surface area contributed by atoms with Crippen molar-refractivity contribution in [1.82, 2.24) is 10.9 Å². The number of nitro groups is 2. The highest BCUT2D eigenvalue weighted by Crippen LogP contribution is 2.38. The number of benzene rings is 2. The molecule has 39 heavy (non-hydrogen) atoms. The van der Waals surface area contributed by atoms with Gasteiger partial charge in [0, 0.05) is 0 Å². The van der Waals surface area contributed by atoms with Crippen molar-refractivity contribution in [2.45, 2.75) is 0 Å². The van der Waals surface area contributed by atoms with Gasteiger partial charge in [-0.3, -0.25) is 29.8 Å². The second-order valence-electron chi connectivity index (χ2n) is 7.60. The summed E-state index contributed by atoms with van der Waals surface area (Å²) < 4.78 is 25.8. The van der Waals surface area contributed by atoms with E-state index in [2.05, 4.69) is 21.1 Å². The number of hydrogen-bond acceptors (Lipinski definition) is 13. The average molecular weight is 538 g/mol. The number of hydrogen-bond donors (Lipinski definition) is 2. The lowest BCUT2D eigenvalue weighted by atomic mass is 10.1. The maximum Gasteiger partial charge on any atom is 0.307 e. The predicted octanol–water partition coefficient (Wildman–Crippen LogP) is 2.08. The van der Waals surface area contributed by atoms with Gasteiger partial charge in [0.25, 0.3) is 11.4 Å². The largest absolute Gasteiger partial charge is 0.454 e. The molecule has 2 N–H and O–H groups in total. The van der Waals surface area contributed by atoms with E-state index in [1.807, 2.05) is 0 Å². The van der Waals surface area contributed by atoms with Crippen LogP contribution >= 0.6 is 0 Å². The number of hydrazone groups is 2. The summed E-state index contributed by atoms with van der Waals surface area (Å²) >= 11 is 0. The number of furan rings is 1. The van der Waals surface area contributed by atoms with Gasteiger partial charge in [0.1, 0.15) is 0 Å². The summed E-state index contributed by atoms with van der Waals surface area (Å²) in [5, 5.41) is 30.0. The predicted molar refractivity (Wildman–Crippen MR) is 127 cm³/mol. The zero-order valence-electron chi connectivity index (χ0n) is 19.3. The van der Waals surface area contributed by atoms with Crippen molar-refractivity contribution in [3.8, 4) is 23.0 Å². The first-order valence-corrected chi connectivity index (χ1v) is 10.7. The first kappa shape index (κ1) is 24.7. The number of nitrogens with one attached hydrogen (secondary N) is 2. The first-order chi connectivity index (χ1) is 18.8.